The number of carbonyl (C=O) groups excluding carboxylic acids is 1. The summed E-state index contributed by atoms with van der Waals surface area (Å²) < 4.78 is 16.1. The first-order chi connectivity index (χ1) is 12.3. The van der Waals surface area contributed by atoms with Crippen LogP contribution >= 0.6 is 0 Å². The molecular weight excluding hydrogens is 320 g/mol. The molecule has 0 bridgehead atoms. The van der Waals surface area contributed by atoms with Gasteiger partial charge in [0.25, 0.3) is 0 Å². The molecule has 5 heteroatoms. The average Bonchev–Trinajstić information content (AvgIpc) is 2.65. The summed E-state index contributed by atoms with van der Waals surface area (Å²) in [4.78, 5) is 12.2. The van der Waals surface area contributed by atoms with Gasteiger partial charge in [-0.1, -0.05) is 36.4 Å². The van der Waals surface area contributed by atoms with Crippen molar-refractivity contribution in [1.29, 1.82) is 0 Å². The van der Waals surface area contributed by atoms with Crippen LogP contribution in [0, 0.1) is 0 Å². The minimum Gasteiger partial charge on any atom is -0.462 e. The van der Waals surface area contributed by atoms with Gasteiger partial charge in [0.15, 0.2) is 0 Å². The van der Waals surface area contributed by atoms with E-state index in [1.165, 1.54) is 0 Å². The Morgan fingerprint density at radius 2 is 1.44 bits per heavy atom. The van der Waals surface area contributed by atoms with Crippen LogP contribution in [0.5, 0.6) is 0 Å². The topological polar surface area (TPSA) is 65.0 Å². The number of hydrogen-bond acceptors (Lipinski definition) is 5. The summed E-state index contributed by atoms with van der Waals surface area (Å²) >= 11 is 0. The summed E-state index contributed by atoms with van der Waals surface area (Å²) in [5.41, 5.74) is 0.596. The van der Waals surface area contributed by atoms with E-state index in [2.05, 4.69) is 0 Å². The molecule has 25 heavy (non-hydrogen) atoms. The number of fused-ring (bicyclic) bond motifs is 1. The molecule has 1 N–H and O–H groups in total. The monoisotopic (exact) mass is 346 g/mol. The van der Waals surface area contributed by atoms with E-state index in [4.69, 9.17) is 19.3 Å². The van der Waals surface area contributed by atoms with E-state index in [1.807, 2.05) is 36.4 Å². The summed E-state index contributed by atoms with van der Waals surface area (Å²) in [6.45, 7) is 2.90. The van der Waals surface area contributed by atoms with Gasteiger partial charge in [0.2, 0.25) is 0 Å². The van der Waals surface area contributed by atoms with Crippen molar-refractivity contribution >= 4 is 16.7 Å². The van der Waals surface area contributed by atoms with E-state index in [0.29, 0.717) is 51.4 Å². The van der Waals surface area contributed by atoms with Gasteiger partial charge in [-0.2, -0.15) is 0 Å². The van der Waals surface area contributed by atoms with Gasteiger partial charge >= 0.3 is 5.97 Å². The maximum absolute atomic E-state index is 12.2. The molecule has 0 spiro atoms. The van der Waals surface area contributed by atoms with Gasteiger partial charge in [-0.3, -0.25) is 0 Å². The molecule has 0 aromatic heterocycles. The molecule has 2 rings (SSSR count). The van der Waals surface area contributed by atoms with Gasteiger partial charge in [-0.05, 0) is 29.7 Å². The zero-order chi connectivity index (χ0) is 17.7. The lowest BCUT2D eigenvalue weighted by Crippen LogP contribution is -2.09. The smallest absolute Gasteiger partial charge is 0.338 e. The van der Waals surface area contributed by atoms with Crippen molar-refractivity contribution in [3.8, 4) is 0 Å². The SMILES string of the molecule is O=C(OCCCOCCCOCCCO)c1cccc2ccccc12. The first-order valence-electron chi connectivity index (χ1n) is 8.74. The van der Waals surface area contributed by atoms with Crippen molar-refractivity contribution in [2.24, 2.45) is 0 Å². The highest BCUT2D eigenvalue weighted by Gasteiger charge is 2.10. The number of rotatable bonds is 12. The van der Waals surface area contributed by atoms with Gasteiger partial charge in [-0.15, -0.1) is 0 Å². The van der Waals surface area contributed by atoms with Gasteiger partial charge in [-0.25, -0.2) is 4.79 Å². The van der Waals surface area contributed by atoms with Gasteiger partial charge in [0, 0.05) is 39.5 Å². The molecule has 0 saturated carbocycles. The van der Waals surface area contributed by atoms with Crippen LogP contribution in [0.1, 0.15) is 29.6 Å². The predicted molar refractivity (Wildman–Crippen MR) is 96.8 cm³/mol. The van der Waals surface area contributed by atoms with E-state index in [1.54, 1.807) is 6.07 Å². The standard InChI is InChI=1S/C20H26O5/c21-11-4-12-23-13-5-14-24-15-6-16-25-20(22)19-10-3-8-17-7-1-2-9-18(17)19/h1-3,7-10,21H,4-6,11-16H2. The molecule has 2 aromatic rings. The molecule has 136 valence electrons. The third-order valence-electron chi connectivity index (χ3n) is 3.70. The first kappa shape index (κ1) is 19.4. The van der Waals surface area contributed by atoms with Crippen LogP contribution in [-0.2, 0) is 14.2 Å². The second-order valence-corrected chi connectivity index (χ2v) is 5.67. The van der Waals surface area contributed by atoms with Crippen molar-refractivity contribution in [2.45, 2.75) is 19.3 Å². The molecule has 0 saturated heterocycles. The minimum absolute atomic E-state index is 0.161. The first-order valence-corrected chi connectivity index (χ1v) is 8.74. The maximum Gasteiger partial charge on any atom is 0.338 e. The quantitative estimate of drug-likeness (QED) is 0.472. The lowest BCUT2D eigenvalue weighted by molar-refractivity contribution is 0.0422. The molecule has 0 fully saturated rings. The van der Waals surface area contributed by atoms with Crippen molar-refractivity contribution in [2.75, 3.05) is 39.6 Å². The second kappa shape index (κ2) is 11.6. The summed E-state index contributed by atoms with van der Waals surface area (Å²) in [6.07, 6.45) is 2.16. The summed E-state index contributed by atoms with van der Waals surface area (Å²) in [6, 6.07) is 13.4. The predicted octanol–water partition coefficient (Wildman–Crippen LogP) is 3.19. The van der Waals surface area contributed by atoms with E-state index >= 15 is 0 Å². The largest absolute Gasteiger partial charge is 0.462 e. The summed E-state index contributed by atoms with van der Waals surface area (Å²) in [5.74, 6) is -0.297. The normalized spacial score (nSPS) is 10.9. The molecule has 0 aliphatic rings. The van der Waals surface area contributed by atoms with E-state index in [9.17, 15) is 4.79 Å². The molecule has 0 aliphatic heterocycles. The molecule has 0 unspecified atom stereocenters. The van der Waals surface area contributed by atoms with Crippen LogP contribution in [-0.4, -0.2) is 50.7 Å². The Balaban J connectivity index is 1.58. The van der Waals surface area contributed by atoms with Gasteiger partial charge in [0.05, 0.1) is 12.2 Å². The number of ether oxygens (including phenoxy) is 3. The molecule has 0 heterocycles. The zero-order valence-electron chi connectivity index (χ0n) is 14.5. The van der Waals surface area contributed by atoms with Crippen LogP contribution in [0.3, 0.4) is 0 Å². The number of hydrogen-bond donors (Lipinski definition) is 1. The number of aliphatic hydroxyl groups excluding tert-OH is 1. The van der Waals surface area contributed by atoms with E-state index in [0.717, 1.165) is 17.2 Å². The van der Waals surface area contributed by atoms with Crippen molar-refractivity contribution in [3.05, 3.63) is 48.0 Å². The molecule has 0 amide bonds. The molecular formula is C20H26O5. The highest BCUT2D eigenvalue weighted by atomic mass is 16.5. The van der Waals surface area contributed by atoms with Crippen LogP contribution in [0.25, 0.3) is 10.8 Å². The minimum atomic E-state index is -0.297. The number of carbonyl (C=O) groups is 1. The Hall–Kier alpha value is -1.95. The lowest BCUT2D eigenvalue weighted by atomic mass is 10.1. The molecule has 0 atom stereocenters. The van der Waals surface area contributed by atoms with Crippen LogP contribution < -0.4 is 0 Å². The lowest BCUT2D eigenvalue weighted by Gasteiger charge is -2.08. The fraction of sp³-hybridized carbons (Fsp3) is 0.450. The van der Waals surface area contributed by atoms with Crippen LogP contribution in [0.2, 0.25) is 0 Å². The summed E-state index contributed by atoms with van der Waals surface area (Å²) in [5, 5.41) is 10.6. The average molecular weight is 346 g/mol. The fourth-order valence-corrected chi connectivity index (χ4v) is 2.44. The van der Waals surface area contributed by atoms with Crippen molar-refractivity contribution in [3.63, 3.8) is 0 Å². The van der Waals surface area contributed by atoms with Gasteiger partial charge < -0.3 is 19.3 Å². The van der Waals surface area contributed by atoms with E-state index < -0.39 is 0 Å². The molecule has 5 nitrogen and oxygen atoms in total. The Morgan fingerprint density at radius 3 is 2.20 bits per heavy atom. The Kier molecular flexibility index (Phi) is 8.97. The molecule has 0 radical (unpaired) electrons. The fourth-order valence-electron chi connectivity index (χ4n) is 2.44. The second-order valence-electron chi connectivity index (χ2n) is 5.67. The van der Waals surface area contributed by atoms with Crippen molar-refractivity contribution < 1.29 is 24.1 Å². The highest BCUT2D eigenvalue weighted by Crippen LogP contribution is 2.19. The van der Waals surface area contributed by atoms with Crippen LogP contribution in [0.15, 0.2) is 42.5 Å². The third-order valence-corrected chi connectivity index (χ3v) is 3.70. The van der Waals surface area contributed by atoms with E-state index in [-0.39, 0.29) is 12.6 Å². The zero-order valence-corrected chi connectivity index (χ0v) is 14.5. The number of aliphatic hydroxyl groups is 1. The number of benzene rings is 2. The third kappa shape index (κ3) is 6.82. The Morgan fingerprint density at radius 1 is 0.800 bits per heavy atom. The highest BCUT2D eigenvalue weighted by molar-refractivity contribution is 6.04. The summed E-state index contributed by atoms with van der Waals surface area (Å²) in [7, 11) is 0. The van der Waals surface area contributed by atoms with Crippen LogP contribution in [0.4, 0.5) is 0 Å². The number of esters is 1. The van der Waals surface area contributed by atoms with Crippen molar-refractivity contribution in [1.82, 2.24) is 0 Å². The maximum atomic E-state index is 12.2. The molecule has 0 aliphatic carbocycles. The Bertz CT molecular complexity index is 636. The molecule has 2 aromatic carbocycles. The Labute approximate surface area is 148 Å². The van der Waals surface area contributed by atoms with Gasteiger partial charge in [0.1, 0.15) is 0 Å².